The number of nitrogens with zero attached hydrogens (tertiary/aromatic N) is 1. The van der Waals surface area contributed by atoms with E-state index in [1.165, 1.54) is 19.2 Å². The number of carbonyl (C=O) groups is 1. The van der Waals surface area contributed by atoms with E-state index in [2.05, 4.69) is 4.72 Å². The molecule has 0 bridgehead atoms. The van der Waals surface area contributed by atoms with Crippen LogP contribution in [-0.2, 0) is 16.6 Å². The standard InChI is InChI=1S/C23H26N2O4S/c1-4-14-29-22-13-12-17-8-5-6-11-20(17)21(22)16-25(3)23(26)18-9-7-10-19(15-18)30(27,28)24-2/h5-13,15,24H,4,14,16H2,1-3H3. The van der Waals surface area contributed by atoms with Crippen molar-refractivity contribution in [1.29, 1.82) is 0 Å². The second kappa shape index (κ2) is 9.28. The molecule has 3 rings (SSSR count). The molecule has 0 spiro atoms. The first-order valence-corrected chi connectivity index (χ1v) is 11.3. The summed E-state index contributed by atoms with van der Waals surface area (Å²) >= 11 is 0. The fraction of sp³-hybridized carbons (Fsp3) is 0.261. The minimum atomic E-state index is -3.63. The number of amides is 1. The van der Waals surface area contributed by atoms with Gasteiger partial charge >= 0.3 is 0 Å². The summed E-state index contributed by atoms with van der Waals surface area (Å²) in [7, 11) is -0.582. The third kappa shape index (κ3) is 4.63. The first-order chi connectivity index (χ1) is 14.4. The van der Waals surface area contributed by atoms with Crippen LogP contribution in [0.4, 0.5) is 0 Å². The van der Waals surface area contributed by atoms with Gasteiger partial charge in [-0.2, -0.15) is 0 Å². The zero-order chi connectivity index (χ0) is 21.7. The van der Waals surface area contributed by atoms with Crippen LogP contribution in [0.1, 0.15) is 29.3 Å². The van der Waals surface area contributed by atoms with Crippen molar-refractivity contribution in [2.24, 2.45) is 0 Å². The van der Waals surface area contributed by atoms with Crippen LogP contribution in [0.15, 0.2) is 65.6 Å². The Morgan fingerprint density at radius 2 is 1.83 bits per heavy atom. The molecule has 0 radical (unpaired) electrons. The van der Waals surface area contributed by atoms with Gasteiger partial charge in [0.05, 0.1) is 11.5 Å². The molecule has 0 saturated carbocycles. The van der Waals surface area contributed by atoms with E-state index in [1.54, 1.807) is 24.1 Å². The van der Waals surface area contributed by atoms with Crippen LogP contribution in [-0.4, -0.2) is 39.9 Å². The van der Waals surface area contributed by atoms with E-state index in [0.29, 0.717) is 18.7 Å². The SMILES string of the molecule is CCCOc1ccc2ccccc2c1CN(C)C(=O)c1cccc(S(=O)(=O)NC)c1. The Balaban J connectivity index is 1.94. The molecule has 6 nitrogen and oxygen atoms in total. The van der Waals surface area contributed by atoms with Gasteiger partial charge in [-0.05, 0) is 48.5 Å². The Labute approximate surface area is 177 Å². The van der Waals surface area contributed by atoms with Gasteiger partial charge in [0.25, 0.3) is 5.91 Å². The van der Waals surface area contributed by atoms with Gasteiger partial charge in [-0.1, -0.05) is 43.3 Å². The van der Waals surface area contributed by atoms with Crippen molar-refractivity contribution in [1.82, 2.24) is 9.62 Å². The molecule has 0 fully saturated rings. The molecule has 30 heavy (non-hydrogen) atoms. The molecule has 0 aliphatic heterocycles. The molecular formula is C23H26N2O4S. The molecule has 3 aromatic rings. The third-order valence-electron chi connectivity index (χ3n) is 4.86. The lowest BCUT2D eigenvalue weighted by molar-refractivity contribution is 0.0784. The number of carbonyl (C=O) groups excluding carboxylic acids is 1. The first-order valence-electron chi connectivity index (χ1n) is 9.80. The molecule has 7 heteroatoms. The summed E-state index contributed by atoms with van der Waals surface area (Å²) in [4.78, 5) is 14.7. The number of fused-ring (bicyclic) bond motifs is 1. The van der Waals surface area contributed by atoms with Crippen LogP contribution in [0.5, 0.6) is 5.75 Å². The van der Waals surface area contributed by atoms with Crippen molar-refractivity contribution >= 4 is 26.7 Å². The molecule has 0 aliphatic carbocycles. The molecule has 0 aromatic heterocycles. The largest absolute Gasteiger partial charge is 0.493 e. The Kier molecular flexibility index (Phi) is 6.74. The summed E-state index contributed by atoms with van der Waals surface area (Å²) in [6.07, 6.45) is 0.883. The van der Waals surface area contributed by atoms with Gasteiger partial charge < -0.3 is 9.64 Å². The lowest BCUT2D eigenvalue weighted by atomic mass is 10.0. The molecule has 0 heterocycles. The number of hydrogen-bond donors (Lipinski definition) is 1. The molecule has 0 unspecified atom stereocenters. The highest BCUT2D eigenvalue weighted by atomic mass is 32.2. The molecule has 1 amide bonds. The van der Waals surface area contributed by atoms with E-state index in [0.717, 1.165) is 28.5 Å². The maximum absolute atomic E-state index is 13.0. The van der Waals surface area contributed by atoms with Gasteiger partial charge in [0.1, 0.15) is 5.75 Å². The Morgan fingerprint density at radius 1 is 1.07 bits per heavy atom. The number of rotatable bonds is 8. The molecule has 0 saturated heterocycles. The fourth-order valence-electron chi connectivity index (χ4n) is 3.27. The average Bonchev–Trinajstić information content (AvgIpc) is 2.78. The smallest absolute Gasteiger partial charge is 0.253 e. The van der Waals surface area contributed by atoms with Crippen molar-refractivity contribution in [3.63, 3.8) is 0 Å². The van der Waals surface area contributed by atoms with Gasteiger partial charge in [-0.3, -0.25) is 4.79 Å². The van der Waals surface area contributed by atoms with Crippen molar-refractivity contribution < 1.29 is 17.9 Å². The lowest BCUT2D eigenvalue weighted by Gasteiger charge is -2.21. The fourth-order valence-corrected chi connectivity index (χ4v) is 4.05. The summed E-state index contributed by atoms with van der Waals surface area (Å²) in [5, 5.41) is 2.09. The number of ether oxygens (including phenoxy) is 1. The number of nitrogens with one attached hydrogen (secondary N) is 1. The minimum Gasteiger partial charge on any atom is -0.493 e. The van der Waals surface area contributed by atoms with Gasteiger partial charge in [0, 0.05) is 24.7 Å². The molecule has 0 aliphatic rings. The topological polar surface area (TPSA) is 75.7 Å². The summed E-state index contributed by atoms with van der Waals surface area (Å²) < 4.78 is 32.4. The molecule has 158 valence electrons. The van der Waals surface area contributed by atoms with Gasteiger partial charge in [0.15, 0.2) is 0 Å². The summed E-state index contributed by atoms with van der Waals surface area (Å²) in [6, 6.07) is 18.0. The Morgan fingerprint density at radius 3 is 2.57 bits per heavy atom. The van der Waals surface area contributed by atoms with E-state index in [1.807, 2.05) is 43.3 Å². The van der Waals surface area contributed by atoms with Gasteiger partial charge in [-0.25, -0.2) is 13.1 Å². The molecule has 3 aromatic carbocycles. The van der Waals surface area contributed by atoms with Gasteiger partial charge in [0.2, 0.25) is 10.0 Å². The molecular weight excluding hydrogens is 400 g/mol. The average molecular weight is 427 g/mol. The zero-order valence-corrected chi connectivity index (χ0v) is 18.2. The second-order valence-corrected chi connectivity index (χ2v) is 8.89. The Hall–Kier alpha value is -2.90. The second-order valence-electron chi connectivity index (χ2n) is 7.01. The number of hydrogen-bond acceptors (Lipinski definition) is 4. The minimum absolute atomic E-state index is 0.0568. The first kappa shape index (κ1) is 21.8. The normalized spacial score (nSPS) is 11.4. The summed E-state index contributed by atoms with van der Waals surface area (Å²) in [5.41, 5.74) is 1.24. The lowest BCUT2D eigenvalue weighted by Crippen LogP contribution is -2.27. The van der Waals surface area contributed by atoms with Crippen molar-refractivity contribution in [3.8, 4) is 5.75 Å². The Bertz CT molecular complexity index is 1160. The zero-order valence-electron chi connectivity index (χ0n) is 17.4. The third-order valence-corrected chi connectivity index (χ3v) is 6.27. The van der Waals surface area contributed by atoms with E-state index in [9.17, 15) is 13.2 Å². The predicted molar refractivity (Wildman–Crippen MR) is 118 cm³/mol. The van der Waals surface area contributed by atoms with Crippen molar-refractivity contribution in [2.75, 3.05) is 20.7 Å². The highest BCUT2D eigenvalue weighted by Gasteiger charge is 2.19. The number of sulfonamides is 1. The highest BCUT2D eigenvalue weighted by Crippen LogP contribution is 2.30. The van der Waals surface area contributed by atoms with Crippen LogP contribution in [0.3, 0.4) is 0 Å². The summed E-state index contributed by atoms with van der Waals surface area (Å²) in [5.74, 6) is 0.485. The maximum Gasteiger partial charge on any atom is 0.253 e. The number of benzene rings is 3. The van der Waals surface area contributed by atoms with E-state index < -0.39 is 10.0 Å². The van der Waals surface area contributed by atoms with Gasteiger partial charge in [-0.15, -0.1) is 0 Å². The van der Waals surface area contributed by atoms with Crippen LogP contribution in [0.2, 0.25) is 0 Å². The predicted octanol–water partition coefficient (Wildman–Crippen LogP) is 3.81. The van der Waals surface area contributed by atoms with E-state index in [4.69, 9.17) is 4.74 Å². The van der Waals surface area contributed by atoms with Crippen LogP contribution >= 0.6 is 0 Å². The highest BCUT2D eigenvalue weighted by molar-refractivity contribution is 7.89. The van der Waals surface area contributed by atoms with Crippen molar-refractivity contribution in [3.05, 3.63) is 71.8 Å². The van der Waals surface area contributed by atoms with Crippen molar-refractivity contribution in [2.45, 2.75) is 24.8 Å². The molecule has 0 atom stereocenters. The quantitative estimate of drug-likeness (QED) is 0.594. The van der Waals surface area contributed by atoms with Crippen LogP contribution in [0, 0.1) is 0 Å². The van der Waals surface area contributed by atoms with Crippen LogP contribution in [0.25, 0.3) is 10.8 Å². The van der Waals surface area contributed by atoms with E-state index in [-0.39, 0.29) is 10.8 Å². The van der Waals surface area contributed by atoms with E-state index >= 15 is 0 Å². The monoisotopic (exact) mass is 426 g/mol. The summed E-state index contributed by atoms with van der Waals surface area (Å²) in [6.45, 7) is 2.97. The maximum atomic E-state index is 13.0. The van der Waals surface area contributed by atoms with Crippen LogP contribution < -0.4 is 9.46 Å². The molecule has 1 N–H and O–H groups in total.